The minimum Gasteiger partial charge on any atom is -0.493 e. The summed E-state index contributed by atoms with van der Waals surface area (Å²) in [5.41, 5.74) is 8.41. The number of sulfonamides is 1. The number of benzene rings is 4. The number of rotatable bonds is 6. The van der Waals surface area contributed by atoms with Gasteiger partial charge in [0, 0.05) is 44.8 Å². The lowest BCUT2D eigenvalue weighted by molar-refractivity contribution is 0.220. The lowest BCUT2D eigenvalue weighted by Crippen LogP contribution is -2.34. The fourth-order valence-electron chi connectivity index (χ4n) is 7.88. The number of hydrogen-bond donors (Lipinski definition) is 0. The molecule has 0 aliphatic carbocycles. The van der Waals surface area contributed by atoms with Crippen LogP contribution in [0.1, 0.15) is 56.6 Å². The van der Waals surface area contributed by atoms with Gasteiger partial charge in [0.25, 0.3) is 0 Å². The third kappa shape index (κ3) is 6.71. The normalized spacial score (nSPS) is 18.9. The number of likely N-dealkylation sites (N-methyl/N-ethyl adjacent to an activating group) is 2. The number of ether oxygens (including phenoxy) is 5. The first-order chi connectivity index (χ1) is 24.9. The minimum absolute atomic E-state index is 0.158. The van der Waals surface area contributed by atoms with Gasteiger partial charge in [-0.2, -0.15) is 0 Å². The van der Waals surface area contributed by atoms with E-state index in [0.717, 1.165) is 60.4 Å². The molecule has 0 N–H and O–H groups in total. The molecular formula is C41H49N3O7S. The number of hydrogen-bond acceptors (Lipinski definition) is 9. The van der Waals surface area contributed by atoms with Gasteiger partial charge in [0.1, 0.15) is 11.5 Å². The molecule has 4 aromatic rings. The van der Waals surface area contributed by atoms with Gasteiger partial charge in [-0.05, 0) is 122 Å². The van der Waals surface area contributed by atoms with Crippen LogP contribution in [0, 0.1) is 6.92 Å². The van der Waals surface area contributed by atoms with Crippen LogP contribution in [0.15, 0.2) is 54.6 Å². The smallest absolute Gasteiger partial charge is 0.217 e. The molecule has 0 spiro atoms. The van der Waals surface area contributed by atoms with Crippen LogP contribution in [0.4, 0.5) is 0 Å². The van der Waals surface area contributed by atoms with E-state index in [2.05, 4.69) is 61.2 Å². The van der Waals surface area contributed by atoms with Gasteiger partial charge < -0.3 is 23.7 Å². The number of methoxy groups -OCH3 is 3. The standard InChI is InChI=1S/C41H49N3O7S/c1-25-17-27-13-15-43(4)33-18-26-9-11-31(12-10-26)50-37-21-29(30(22-36(37)47-6)24-52(45,46)42(2)3)19-34-39-28(14-16-44(34)5)20-38(48-7)40(49-8)41(39)51-35(25)23-32(27)33/h9-12,17,20-23,33-34H,13-16,18-19,24H2,1-8H3/t33-,34-/m0/s1. The molecule has 4 aliphatic rings. The SMILES string of the molecule is COc1cc(CS(=O)(=O)N(C)C)c2cc1Oc1ccc(cc1)C[C@H]1c3cc(c(C)cc3CCN1C)Oc1c(OC)c(OC)cc3c1[C@H](C2)N(C)CC3. The molecule has 8 rings (SSSR count). The molecule has 2 atom stereocenters. The van der Waals surface area contributed by atoms with Crippen molar-refractivity contribution in [1.29, 1.82) is 0 Å². The molecular weight excluding hydrogens is 679 g/mol. The van der Waals surface area contributed by atoms with Crippen LogP contribution in [0.3, 0.4) is 0 Å². The van der Waals surface area contributed by atoms with E-state index >= 15 is 0 Å². The molecule has 11 heteroatoms. The average molecular weight is 728 g/mol. The summed E-state index contributed by atoms with van der Waals surface area (Å²) in [5, 5.41) is 0. The van der Waals surface area contributed by atoms with Crippen molar-refractivity contribution in [3.05, 3.63) is 99.1 Å². The zero-order chi connectivity index (χ0) is 36.9. The average Bonchev–Trinajstić information content (AvgIpc) is 3.12. The van der Waals surface area contributed by atoms with Gasteiger partial charge in [-0.1, -0.05) is 18.2 Å². The van der Waals surface area contributed by atoms with E-state index < -0.39 is 10.0 Å². The summed E-state index contributed by atoms with van der Waals surface area (Å²) < 4.78 is 59.4. The van der Waals surface area contributed by atoms with Crippen molar-refractivity contribution in [2.45, 2.75) is 50.4 Å². The topological polar surface area (TPSA) is 90.0 Å². The van der Waals surface area contributed by atoms with E-state index in [1.165, 1.54) is 21.0 Å². The maximum Gasteiger partial charge on any atom is 0.217 e. The van der Waals surface area contributed by atoms with Crippen molar-refractivity contribution in [2.24, 2.45) is 0 Å². The Morgan fingerprint density at radius 2 is 1.46 bits per heavy atom. The highest BCUT2D eigenvalue weighted by molar-refractivity contribution is 7.88. The Kier molecular flexibility index (Phi) is 9.90. The highest BCUT2D eigenvalue weighted by Gasteiger charge is 2.35. The molecule has 52 heavy (non-hydrogen) atoms. The number of fused-ring (bicyclic) bond motifs is 2. The second-order valence-corrected chi connectivity index (χ2v) is 16.6. The van der Waals surface area contributed by atoms with E-state index in [9.17, 15) is 8.42 Å². The monoisotopic (exact) mass is 727 g/mol. The summed E-state index contributed by atoms with van der Waals surface area (Å²) in [6.45, 7) is 3.86. The van der Waals surface area contributed by atoms with Gasteiger partial charge >= 0.3 is 0 Å². The van der Waals surface area contributed by atoms with Gasteiger partial charge in [-0.25, -0.2) is 12.7 Å². The third-order valence-electron chi connectivity index (χ3n) is 11.0. The highest BCUT2D eigenvalue weighted by atomic mass is 32.2. The molecule has 0 fully saturated rings. The van der Waals surface area contributed by atoms with Crippen LogP contribution in [0.2, 0.25) is 0 Å². The van der Waals surface area contributed by atoms with Gasteiger partial charge in [-0.15, -0.1) is 0 Å². The van der Waals surface area contributed by atoms with Gasteiger partial charge in [0.2, 0.25) is 15.8 Å². The van der Waals surface area contributed by atoms with Crippen LogP contribution in [0.5, 0.6) is 40.2 Å². The summed E-state index contributed by atoms with van der Waals surface area (Å²) in [7, 11) is 8.66. The fourth-order valence-corrected chi connectivity index (χ4v) is 8.80. The van der Waals surface area contributed by atoms with Crippen LogP contribution in [-0.2, 0) is 41.5 Å². The molecule has 0 aromatic heterocycles. The first kappa shape index (κ1) is 36.1. The van der Waals surface area contributed by atoms with Gasteiger partial charge in [0.05, 0.1) is 27.1 Å². The minimum atomic E-state index is -3.61. The molecule has 4 heterocycles. The zero-order valence-corrected chi connectivity index (χ0v) is 32.2. The summed E-state index contributed by atoms with van der Waals surface area (Å²) in [5.74, 6) is 3.97. The van der Waals surface area contributed by atoms with Crippen molar-refractivity contribution in [2.75, 3.05) is 62.6 Å². The number of nitrogens with zero attached hydrogens (tertiary/aromatic N) is 3. The lowest BCUT2D eigenvalue weighted by atomic mass is 9.86. The van der Waals surface area contributed by atoms with Crippen LogP contribution < -0.4 is 23.7 Å². The Hall–Kier alpha value is -4.29. The Balaban J connectivity index is 1.49. The Labute approximate surface area is 307 Å². The van der Waals surface area contributed by atoms with Crippen LogP contribution >= 0.6 is 0 Å². The van der Waals surface area contributed by atoms with Crippen molar-refractivity contribution >= 4 is 10.0 Å². The quantitative estimate of drug-likeness (QED) is 0.212. The van der Waals surface area contributed by atoms with Crippen molar-refractivity contribution < 1.29 is 32.1 Å². The molecule has 0 radical (unpaired) electrons. The van der Waals surface area contributed by atoms with E-state index in [1.807, 2.05) is 18.2 Å². The molecule has 10 nitrogen and oxygen atoms in total. The molecule has 6 bridgehead atoms. The summed E-state index contributed by atoms with van der Waals surface area (Å²) in [4.78, 5) is 4.73. The molecule has 4 aliphatic heterocycles. The second-order valence-electron chi connectivity index (χ2n) is 14.4. The predicted octanol–water partition coefficient (Wildman–Crippen LogP) is 6.85. The molecule has 4 aromatic carbocycles. The molecule has 0 amide bonds. The molecule has 0 saturated heterocycles. The maximum absolute atomic E-state index is 13.4. The number of aryl methyl sites for hydroxylation is 1. The summed E-state index contributed by atoms with van der Waals surface area (Å²) >= 11 is 0. The Bertz CT molecular complexity index is 2100. The Morgan fingerprint density at radius 1 is 0.769 bits per heavy atom. The lowest BCUT2D eigenvalue weighted by Gasteiger charge is -2.38. The molecule has 0 saturated carbocycles. The maximum atomic E-state index is 13.4. The zero-order valence-electron chi connectivity index (χ0n) is 31.4. The van der Waals surface area contributed by atoms with E-state index in [1.54, 1.807) is 41.5 Å². The van der Waals surface area contributed by atoms with Crippen molar-refractivity contribution in [3.63, 3.8) is 0 Å². The van der Waals surface area contributed by atoms with E-state index in [-0.39, 0.29) is 17.8 Å². The van der Waals surface area contributed by atoms with Crippen LogP contribution in [-0.4, -0.2) is 85.1 Å². The van der Waals surface area contributed by atoms with Gasteiger partial charge in [-0.3, -0.25) is 9.80 Å². The Morgan fingerprint density at radius 3 is 2.13 bits per heavy atom. The van der Waals surface area contributed by atoms with Crippen molar-refractivity contribution in [3.8, 4) is 40.2 Å². The third-order valence-corrected chi connectivity index (χ3v) is 12.8. The fraction of sp³-hybridized carbons (Fsp3) is 0.415. The van der Waals surface area contributed by atoms with E-state index in [4.69, 9.17) is 23.7 Å². The van der Waals surface area contributed by atoms with Crippen molar-refractivity contribution in [1.82, 2.24) is 14.1 Å². The highest BCUT2D eigenvalue weighted by Crippen LogP contribution is 2.51. The summed E-state index contributed by atoms with van der Waals surface area (Å²) in [6.07, 6.45) is 3.04. The first-order valence-electron chi connectivity index (χ1n) is 17.8. The molecule has 0 unspecified atom stereocenters. The summed E-state index contributed by atoms with van der Waals surface area (Å²) in [6, 6.07) is 18.5. The van der Waals surface area contributed by atoms with Gasteiger partial charge in [0.15, 0.2) is 23.0 Å². The van der Waals surface area contributed by atoms with E-state index in [0.29, 0.717) is 46.5 Å². The van der Waals surface area contributed by atoms with Crippen LogP contribution in [0.25, 0.3) is 0 Å². The second kappa shape index (κ2) is 14.3. The predicted molar refractivity (Wildman–Crippen MR) is 202 cm³/mol. The first-order valence-corrected chi connectivity index (χ1v) is 19.4. The molecule has 276 valence electrons. The largest absolute Gasteiger partial charge is 0.493 e.